The van der Waals surface area contributed by atoms with Crippen molar-refractivity contribution in [1.29, 1.82) is 0 Å². The van der Waals surface area contributed by atoms with E-state index in [1.165, 1.54) is 0 Å². The Kier molecular flexibility index (Phi) is 4.53. The van der Waals surface area contributed by atoms with Crippen molar-refractivity contribution < 1.29 is 14.7 Å². The van der Waals surface area contributed by atoms with Crippen LogP contribution >= 0.6 is 0 Å². The van der Waals surface area contributed by atoms with Crippen LogP contribution in [0.2, 0.25) is 0 Å². The molecule has 0 heterocycles. The monoisotopic (exact) mass is 251 g/mol. The minimum absolute atomic E-state index is 0.100. The first kappa shape index (κ1) is 13.8. The zero-order valence-corrected chi connectivity index (χ0v) is 10.4. The summed E-state index contributed by atoms with van der Waals surface area (Å²) in [6, 6.07) is 4.98. The zero-order valence-electron chi connectivity index (χ0n) is 10.4. The van der Waals surface area contributed by atoms with Gasteiger partial charge in [0, 0.05) is 26.2 Å². The molecule has 6 nitrogen and oxygen atoms in total. The lowest BCUT2D eigenvalue weighted by Gasteiger charge is -2.15. The molecule has 98 valence electrons. The van der Waals surface area contributed by atoms with E-state index in [1.54, 1.807) is 18.2 Å². The third kappa shape index (κ3) is 3.65. The molecule has 0 aromatic heterocycles. The summed E-state index contributed by atoms with van der Waals surface area (Å²) in [5.41, 5.74) is 7.58. The number of amides is 1. The van der Waals surface area contributed by atoms with Gasteiger partial charge in [0.15, 0.2) is 0 Å². The van der Waals surface area contributed by atoms with Crippen molar-refractivity contribution in [2.24, 2.45) is 0 Å². The van der Waals surface area contributed by atoms with Crippen LogP contribution in [0, 0.1) is 0 Å². The number of carboxylic acids is 1. The molecule has 1 aromatic carbocycles. The lowest BCUT2D eigenvalue weighted by molar-refractivity contribution is -0.136. The van der Waals surface area contributed by atoms with Crippen LogP contribution in [-0.2, 0) is 4.79 Å². The van der Waals surface area contributed by atoms with Crippen LogP contribution in [0.25, 0.3) is 0 Å². The Morgan fingerprint density at radius 3 is 2.56 bits per heavy atom. The molecule has 0 bridgehead atoms. The van der Waals surface area contributed by atoms with Crippen LogP contribution in [0.4, 0.5) is 11.4 Å². The number of carbonyl (C=O) groups excluding carboxylic acids is 1. The number of anilines is 2. The van der Waals surface area contributed by atoms with E-state index in [4.69, 9.17) is 10.8 Å². The maximum atomic E-state index is 11.7. The van der Waals surface area contributed by atoms with E-state index in [9.17, 15) is 9.59 Å². The first-order valence-corrected chi connectivity index (χ1v) is 5.48. The van der Waals surface area contributed by atoms with Gasteiger partial charge in [0.25, 0.3) is 5.91 Å². The molecule has 0 spiro atoms. The first-order valence-electron chi connectivity index (χ1n) is 5.48. The Morgan fingerprint density at radius 1 is 1.39 bits per heavy atom. The van der Waals surface area contributed by atoms with E-state index >= 15 is 0 Å². The number of carboxylic acid groups (broad SMARTS) is 1. The molecule has 0 saturated heterocycles. The van der Waals surface area contributed by atoms with Gasteiger partial charge >= 0.3 is 5.97 Å². The molecule has 0 unspecified atom stereocenters. The van der Waals surface area contributed by atoms with Crippen molar-refractivity contribution in [1.82, 2.24) is 5.32 Å². The van der Waals surface area contributed by atoms with Crippen molar-refractivity contribution in [2.45, 2.75) is 6.42 Å². The number of hydrogen-bond donors (Lipinski definition) is 3. The number of aliphatic carboxylic acids is 1. The molecule has 0 aliphatic carbocycles. The Balaban J connectivity index is 2.69. The average Bonchev–Trinajstić information content (AvgIpc) is 2.27. The van der Waals surface area contributed by atoms with Gasteiger partial charge in [-0.3, -0.25) is 9.59 Å². The predicted molar refractivity (Wildman–Crippen MR) is 69.8 cm³/mol. The van der Waals surface area contributed by atoms with Crippen LogP contribution in [-0.4, -0.2) is 37.6 Å². The first-order chi connectivity index (χ1) is 8.41. The maximum Gasteiger partial charge on any atom is 0.305 e. The van der Waals surface area contributed by atoms with Crippen LogP contribution in [0.5, 0.6) is 0 Å². The highest BCUT2D eigenvalue weighted by Gasteiger charge is 2.09. The number of nitrogens with one attached hydrogen (secondary N) is 1. The van der Waals surface area contributed by atoms with Gasteiger partial charge in [-0.25, -0.2) is 0 Å². The Labute approximate surface area is 105 Å². The van der Waals surface area contributed by atoms with Gasteiger partial charge in [-0.05, 0) is 18.2 Å². The lowest BCUT2D eigenvalue weighted by Crippen LogP contribution is -2.26. The summed E-state index contributed by atoms with van der Waals surface area (Å²) < 4.78 is 0. The van der Waals surface area contributed by atoms with Gasteiger partial charge in [0.1, 0.15) is 0 Å². The second-order valence-corrected chi connectivity index (χ2v) is 4.07. The van der Waals surface area contributed by atoms with Crippen molar-refractivity contribution in [3.8, 4) is 0 Å². The van der Waals surface area contributed by atoms with Crippen LogP contribution in [0.15, 0.2) is 18.2 Å². The van der Waals surface area contributed by atoms with E-state index in [-0.39, 0.29) is 18.9 Å². The summed E-state index contributed by atoms with van der Waals surface area (Å²) >= 11 is 0. The number of nitrogen functional groups attached to an aromatic ring is 1. The van der Waals surface area contributed by atoms with Crippen LogP contribution < -0.4 is 16.0 Å². The second-order valence-electron chi connectivity index (χ2n) is 4.07. The Hall–Kier alpha value is -2.24. The van der Waals surface area contributed by atoms with E-state index in [0.29, 0.717) is 11.3 Å². The largest absolute Gasteiger partial charge is 0.481 e. The quantitative estimate of drug-likeness (QED) is 0.664. The molecule has 4 N–H and O–H groups in total. The van der Waals surface area contributed by atoms with Crippen LogP contribution in [0.3, 0.4) is 0 Å². The average molecular weight is 251 g/mol. The SMILES string of the molecule is CN(C)c1ccc(C(=O)NCCC(=O)O)cc1N. The molecule has 0 aliphatic heterocycles. The molecule has 18 heavy (non-hydrogen) atoms. The van der Waals surface area contributed by atoms with E-state index in [1.807, 2.05) is 19.0 Å². The molecule has 1 amide bonds. The van der Waals surface area contributed by atoms with E-state index < -0.39 is 5.97 Å². The van der Waals surface area contributed by atoms with Gasteiger partial charge in [-0.2, -0.15) is 0 Å². The zero-order chi connectivity index (χ0) is 13.7. The Morgan fingerprint density at radius 2 is 2.06 bits per heavy atom. The van der Waals surface area contributed by atoms with Gasteiger partial charge in [-0.15, -0.1) is 0 Å². The van der Waals surface area contributed by atoms with Gasteiger partial charge < -0.3 is 21.1 Å². The lowest BCUT2D eigenvalue weighted by atomic mass is 10.1. The summed E-state index contributed by atoms with van der Waals surface area (Å²) in [7, 11) is 3.72. The molecule has 6 heteroatoms. The molecule has 0 radical (unpaired) electrons. The van der Waals surface area contributed by atoms with Crippen molar-refractivity contribution in [2.75, 3.05) is 31.3 Å². The summed E-state index contributed by atoms with van der Waals surface area (Å²) in [4.78, 5) is 23.8. The highest BCUT2D eigenvalue weighted by Crippen LogP contribution is 2.22. The summed E-state index contributed by atoms with van der Waals surface area (Å²) in [6.45, 7) is 0.101. The molecule has 0 fully saturated rings. The topological polar surface area (TPSA) is 95.7 Å². The number of carbonyl (C=O) groups is 2. The minimum Gasteiger partial charge on any atom is -0.481 e. The highest BCUT2D eigenvalue weighted by molar-refractivity contribution is 5.96. The van der Waals surface area contributed by atoms with E-state index in [2.05, 4.69) is 5.32 Å². The molecule has 0 atom stereocenters. The van der Waals surface area contributed by atoms with E-state index in [0.717, 1.165) is 5.69 Å². The van der Waals surface area contributed by atoms with Gasteiger partial charge in [-0.1, -0.05) is 0 Å². The standard InChI is InChI=1S/C12H17N3O3/c1-15(2)10-4-3-8(7-9(10)13)12(18)14-6-5-11(16)17/h3-4,7H,5-6,13H2,1-2H3,(H,14,18)(H,16,17). The Bertz CT molecular complexity index is 458. The molecular formula is C12H17N3O3. The number of nitrogens with zero attached hydrogens (tertiary/aromatic N) is 1. The molecule has 1 aromatic rings. The summed E-state index contributed by atoms with van der Waals surface area (Å²) in [5, 5.41) is 11.0. The number of hydrogen-bond acceptors (Lipinski definition) is 4. The molecule has 0 saturated carbocycles. The third-order valence-corrected chi connectivity index (χ3v) is 2.40. The number of rotatable bonds is 5. The van der Waals surface area contributed by atoms with Gasteiger partial charge in [0.2, 0.25) is 0 Å². The fraction of sp³-hybridized carbons (Fsp3) is 0.333. The predicted octanol–water partition coefficient (Wildman–Crippen LogP) is 0.539. The maximum absolute atomic E-state index is 11.7. The van der Waals surface area contributed by atoms with Crippen molar-refractivity contribution >= 4 is 23.3 Å². The van der Waals surface area contributed by atoms with Crippen LogP contribution in [0.1, 0.15) is 16.8 Å². The third-order valence-electron chi connectivity index (χ3n) is 2.40. The summed E-state index contributed by atoms with van der Waals surface area (Å²) in [5.74, 6) is -1.27. The fourth-order valence-electron chi connectivity index (χ4n) is 1.49. The highest BCUT2D eigenvalue weighted by atomic mass is 16.4. The second kappa shape index (κ2) is 5.90. The molecular weight excluding hydrogens is 234 g/mol. The van der Waals surface area contributed by atoms with Crippen molar-refractivity contribution in [3.05, 3.63) is 23.8 Å². The van der Waals surface area contributed by atoms with Crippen molar-refractivity contribution in [3.63, 3.8) is 0 Å². The normalized spacial score (nSPS) is 9.89. The van der Waals surface area contributed by atoms with Gasteiger partial charge in [0.05, 0.1) is 17.8 Å². The molecule has 0 aliphatic rings. The number of nitrogens with two attached hydrogens (primary N) is 1. The minimum atomic E-state index is -0.947. The summed E-state index contributed by atoms with van der Waals surface area (Å²) in [6.07, 6.45) is -0.100. The molecule has 1 rings (SSSR count). The number of benzene rings is 1. The fourth-order valence-corrected chi connectivity index (χ4v) is 1.49. The smallest absolute Gasteiger partial charge is 0.305 e.